The third kappa shape index (κ3) is 1.86. The van der Waals surface area contributed by atoms with Crippen LogP contribution in [-0.2, 0) is 7.05 Å². The number of hydrogen-bond acceptors (Lipinski definition) is 4. The van der Waals surface area contributed by atoms with Crippen molar-refractivity contribution in [1.82, 2.24) is 24.7 Å². The molecule has 3 rings (SSSR count). The molecule has 88 valence electrons. The predicted molar refractivity (Wildman–Crippen MR) is 67.5 cm³/mol. The van der Waals surface area contributed by atoms with Gasteiger partial charge in [-0.15, -0.1) is 5.10 Å². The van der Waals surface area contributed by atoms with Crippen molar-refractivity contribution >= 4 is 0 Å². The second-order valence-corrected chi connectivity index (χ2v) is 3.83. The van der Waals surface area contributed by atoms with Crippen molar-refractivity contribution in [3.8, 4) is 22.9 Å². The van der Waals surface area contributed by atoms with Crippen LogP contribution in [0.1, 0.15) is 0 Å². The minimum absolute atomic E-state index is 0.630. The number of aryl methyl sites for hydroxylation is 1. The molecule has 0 spiro atoms. The molecule has 0 radical (unpaired) electrons. The van der Waals surface area contributed by atoms with E-state index in [1.54, 1.807) is 23.3 Å². The Kier molecular flexibility index (Phi) is 2.57. The van der Waals surface area contributed by atoms with Gasteiger partial charge in [0.2, 0.25) is 0 Å². The summed E-state index contributed by atoms with van der Waals surface area (Å²) in [6.45, 7) is 0. The SMILES string of the molecule is Cn1nc(-c2ccccn2)nc1-c1ccncc1. The van der Waals surface area contributed by atoms with Gasteiger partial charge in [-0.3, -0.25) is 9.97 Å². The summed E-state index contributed by atoms with van der Waals surface area (Å²) in [4.78, 5) is 12.8. The summed E-state index contributed by atoms with van der Waals surface area (Å²) >= 11 is 0. The Labute approximate surface area is 104 Å². The molecule has 0 bridgehead atoms. The summed E-state index contributed by atoms with van der Waals surface area (Å²) in [7, 11) is 1.87. The van der Waals surface area contributed by atoms with Crippen molar-refractivity contribution in [1.29, 1.82) is 0 Å². The number of rotatable bonds is 2. The number of hydrogen-bond donors (Lipinski definition) is 0. The molecule has 0 fully saturated rings. The molecule has 5 nitrogen and oxygen atoms in total. The zero-order valence-corrected chi connectivity index (χ0v) is 9.85. The van der Waals surface area contributed by atoms with Crippen LogP contribution in [0.4, 0.5) is 0 Å². The van der Waals surface area contributed by atoms with E-state index in [4.69, 9.17) is 0 Å². The van der Waals surface area contributed by atoms with Gasteiger partial charge in [-0.2, -0.15) is 0 Å². The van der Waals surface area contributed by atoms with Crippen molar-refractivity contribution in [3.05, 3.63) is 48.9 Å². The van der Waals surface area contributed by atoms with Crippen molar-refractivity contribution < 1.29 is 0 Å². The van der Waals surface area contributed by atoms with Crippen LogP contribution in [-0.4, -0.2) is 24.7 Å². The lowest BCUT2D eigenvalue weighted by Gasteiger charge is -1.97. The van der Waals surface area contributed by atoms with E-state index in [2.05, 4.69) is 20.1 Å². The van der Waals surface area contributed by atoms with Gasteiger partial charge >= 0.3 is 0 Å². The number of pyridine rings is 2. The minimum atomic E-state index is 0.630. The highest BCUT2D eigenvalue weighted by Crippen LogP contribution is 2.19. The van der Waals surface area contributed by atoms with E-state index in [1.807, 2.05) is 37.4 Å². The molecule has 0 aromatic carbocycles. The molecule has 3 heterocycles. The van der Waals surface area contributed by atoms with Gasteiger partial charge in [0.15, 0.2) is 11.6 Å². The van der Waals surface area contributed by atoms with Crippen LogP contribution in [0.2, 0.25) is 0 Å². The van der Waals surface area contributed by atoms with Gasteiger partial charge in [-0.1, -0.05) is 6.07 Å². The fourth-order valence-electron chi connectivity index (χ4n) is 1.74. The lowest BCUT2D eigenvalue weighted by molar-refractivity contribution is 0.776. The average molecular weight is 237 g/mol. The zero-order valence-electron chi connectivity index (χ0n) is 9.85. The van der Waals surface area contributed by atoms with E-state index in [0.717, 1.165) is 17.1 Å². The molecule has 18 heavy (non-hydrogen) atoms. The Balaban J connectivity index is 2.07. The van der Waals surface area contributed by atoms with Crippen LogP contribution in [0.3, 0.4) is 0 Å². The Morgan fingerprint density at radius 3 is 2.56 bits per heavy atom. The molecule has 0 aliphatic rings. The molecule has 0 aliphatic carbocycles. The van der Waals surface area contributed by atoms with Gasteiger partial charge in [0, 0.05) is 31.2 Å². The number of nitrogens with zero attached hydrogens (tertiary/aromatic N) is 5. The van der Waals surface area contributed by atoms with E-state index in [9.17, 15) is 0 Å². The second kappa shape index (κ2) is 4.37. The Morgan fingerprint density at radius 2 is 1.83 bits per heavy atom. The third-order valence-electron chi connectivity index (χ3n) is 2.60. The van der Waals surface area contributed by atoms with Crippen molar-refractivity contribution in [3.63, 3.8) is 0 Å². The summed E-state index contributed by atoms with van der Waals surface area (Å²) in [6, 6.07) is 9.51. The summed E-state index contributed by atoms with van der Waals surface area (Å²) in [5, 5.41) is 4.38. The van der Waals surface area contributed by atoms with Crippen LogP contribution in [0.15, 0.2) is 48.9 Å². The first-order valence-electron chi connectivity index (χ1n) is 5.57. The third-order valence-corrected chi connectivity index (χ3v) is 2.60. The standard InChI is InChI=1S/C13H11N5/c1-18-13(10-5-8-14-9-6-10)16-12(17-18)11-4-2-3-7-15-11/h2-9H,1H3. The van der Waals surface area contributed by atoms with E-state index < -0.39 is 0 Å². The van der Waals surface area contributed by atoms with Crippen LogP contribution < -0.4 is 0 Å². The van der Waals surface area contributed by atoms with Crippen molar-refractivity contribution in [2.75, 3.05) is 0 Å². The first-order valence-corrected chi connectivity index (χ1v) is 5.57. The summed E-state index contributed by atoms with van der Waals surface area (Å²) in [5.74, 6) is 1.43. The maximum absolute atomic E-state index is 4.51. The molecule has 5 heteroatoms. The molecule has 0 N–H and O–H groups in total. The normalized spacial score (nSPS) is 10.5. The summed E-state index contributed by atoms with van der Waals surface area (Å²) in [6.07, 6.45) is 5.21. The largest absolute Gasteiger partial charge is 0.265 e. The molecule has 0 aliphatic heterocycles. The van der Waals surface area contributed by atoms with Crippen LogP contribution in [0, 0.1) is 0 Å². The lowest BCUT2D eigenvalue weighted by atomic mass is 10.2. The molecule has 3 aromatic heterocycles. The fourth-order valence-corrected chi connectivity index (χ4v) is 1.74. The first-order chi connectivity index (χ1) is 8.84. The monoisotopic (exact) mass is 237 g/mol. The van der Waals surface area contributed by atoms with Crippen LogP contribution >= 0.6 is 0 Å². The van der Waals surface area contributed by atoms with Gasteiger partial charge in [-0.25, -0.2) is 9.67 Å². The molecule has 0 saturated heterocycles. The molecule has 0 saturated carbocycles. The maximum Gasteiger partial charge on any atom is 0.200 e. The highest BCUT2D eigenvalue weighted by Gasteiger charge is 2.11. The van der Waals surface area contributed by atoms with E-state index in [1.165, 1.54) is 0 Å². The molecule has 0 amide bonds. The fraction of sp³-hybridized carbons (Fsp3) is 0.0769. The Bertz CT molecular complexity index is 646. The Morgan fingerprint density at radius 1 is 1.00 bits per heavy atom. The molecule has 0 atom stereocenters. The molecule has 0 unspecified atom stereocenters. The predicted octanol–water partition coefficient (Wildman–Crippen LogP) is 1.94. The van der Waals surface area contributed by atoms with Crippen LogP contribution in [0.25, 0.3) is 22.9 Å². The van der Waals surface area contributed by atoms with Gasteiger partial charge in [-0.05, 0) is 24.3 Å². The van der Waals surface area contributed by atoms with Crippen molar-refractivity contribution in [2.45, 2.75) is 0 Å². The van der Waals surface area contributed by atoms with Crippen LogP contribution in [0.5, 0.6) is 0 Å². The molecular formula is C13H11N5. The molecule has 3 aromatic rings. The smallest absolute Gasteiger partial charge is 0.200 e. The zero-order chi connectivity index (χ0) is 12.4. The Hall–Kier alpha value is -2.56. The second-order valence-electron chi connectivity index (χ2n) is 3.83. The summed E-state index contributed by atoms with van der Waals surface area (Å²) in [5.41, 5.74) is 1.76. The summed E-state index contributed by atoms with van der Waals surface area (Å²) < 4.78 is 1.75. The maximum atomic E-state index is 4.51. The quantitative estimate of drug-likeness (QED) is 0.683. The van der Waals surface area contributed by atoms with E-state index in [0.29, 0.717) is 5.82 Å². The van der Waals surface area contributed by atoms with E-state index >= 15 is 0 Å². The first kappa shape index (κ1) is 10.6. The highest BCUT2D eigenvalue weighted by molar-refractivity contribution is 5.58. The van der Waals surface area contributed by atoms with E-state index in [-0.39, 0.29) is 0 Å². The van der Waals surface area contributed by atoms with Crippen molar-refractivity contribution in [2.24, 2.45) is 7.05 Å². The highest BCUT2D eigenvalue weighted by atomic mass is 15.3. The van der Waals surface area contributed by atoms with Gasteiger partial charge in [0.25, 0.3) is 0 Å². The lowest BCUT2D eigenvalue weighted by Crippen LogP contribution is -1.94. The molecular weight excluding hydrogens is 226 g/mol. The minimum Gasteiger partial charge on any atom is -0.265 e. The topological polar surface area (TPSA) is 56.5 Å². The number of aromatic nitrogens is 5. The van der Waals surface area contributed by atoms with Gasteiger partial charge < -0.3 is 0 Å². The van der Waals surface area contributed by atoms with Gasteiger partial charge in [0.05, 0.1) is 0 Å². The average Bonchev–Trinajstić information content (AvgIpc) is 2.83. The van der Waals surface area contributed by atoms with Gasteiger partial charge in [0.1, 0.15) is 5.69 Å².